The molecule has 0 aliphatic carbocycles. The Balaban J connectivity index is 3.80. The summed E-state index contributed by atoms with van der Waals surface area (Å²) < 4.78 is 35.2. The Bertz CT molecular complexity index is 207. The first-order valence-corrected chi connectivity index (χ1v) is 4.48. The summed E-state index contributed by atoms with van der Waals surface area (Å²) in [5.41, 5.74) is 0. The van der Waals surface area contributed by atoms with Gasteiger partial charge in [-0.05, 0) is 13.8 Å². The first-order valence-electron chi connectivity index (χ1n) is 4.48. The van der Waals surface area contributed by atoms with Gasteiger partial charge in [-0.1, -0.05) is 0 Å². The van der Waals surface area contributed by atoms with Gasteiger partial charge in [-0.25, -0.2) is 0 Å². The number of amides is 1. The fourth-order valence-electron chi connectivity index (χ4n) is 0.780. The molecule has 0 aromatic rings. The number of hydrogen-bond donors (Lipinski definition) is 3. The quantitative estimate of drug-likeness (QED) is 0.622. The van der Waals surface area contributed by atoms with E-state index in [2.05, 4.69) is 5.32 Å². The molecule has 0 saturated carbocycles. The van der Waals surface area contributed by atoms with Gasteiger partial charge in [0.1, 0.15) is 6.54 Å². The van der Waals surface area contributed by atoms with Crippen molar-refractivity contribution in [3.8, 4) is 0 Å². The lowest BCUT2D eigenvalue weighted by molar-refractivity contribution is -0.139. The van der Waals surface area contributed by atoms with Crippen LogP contribution in [0.1, 0.15) is 13.8 Å². The van der Waals surface area contributed by atoms with Crippen molar-refractivity contribution in [2.45, 2.75) is 32.2 Å². The van der Waals surface area contributed by atoms with E-state index in [-0.39, 0.29) is 6.54 Å². The van der Waals surface area contributed by atoms with E-state index >= 15 is 0 Å². The minimum atomic E-state index is -4.40. The molecule has 0 heterocycles. The lowest BCUT2D eigenvalue weighted by atomic mass is 10.3. The molecular weight excluding hydrogens is 213 g/mol. The Kier molecular flexibility index (Phi) is 5.59. The van der Waals surface area contributed by atoms with E-state index in [4.69, 9.17) is 5.11 Å². The van der Waals surface area contributed by atoms with Gasteiger partial charge in [0, 0.05) is 6.54 Å². The molecule has 0 aromatic carbocycles. The number of carbonyl (C=O) groups is 1. The Hall–Kier alpha value is -0.820. The molecular formula is C8H15F3N2O2. The van der Waals surface area contributed by atoms with Crippen molar-refractivity contribution in [1.29, 1.82) is 0 Å². The van der Waals surface area contributed by atoms with Crippen LogP contribution in [-0.2, 0) is 4.79 Å². The van der Waals surface area contributed by atoms with Crippen LogP contribution in [0.5, 0.6) is 0 Å². The summed E-state index contributed by atoms with van der Waals surface area (Å²) in [6, 6.07) is -0.762. The number of hydrogen-bond acceptors (Lipinski definition) is 3. The monoisotopic (exact) mass is 228 g/mol. The number of aliphatic hydroxyl groups excluding tert-OH is 1. The Labute approximate surface area is 85.8 Å². The third-order valence-electron chi connectivity index (χ3n) is 1.58. The molecule has 0 aliphatic heterocycles. The molecule has 0 saturated heterocycles. The average molecular weight is 228 g/mol. The Morgan fingerprint density at radius 3 is 2.33 bits per heavy atom. The number of aliphatic hydroxyl groups is 1. The van der Waals surface area contributed by atoms with Gasteiger partial charge >= 0.3 is 6.18 Å². The summed E-state index contributed by atoms with van der Waals surface area (Å²) in [5, 5.41) is 13.2. The predicted octanol–water partition coefficient (Wildman–Crippen LogP) is 0.0238. The SMILES string of the molecule is CC(O)CNC(C)C(=O)NCC(F)(F)F. The molecule has 0 aromatic heterocycles. The highest BCUT2D eigenvalue weighted by atomic mass is 19.4. The van der Waals surface area contributed by atoms with Crippen molar-refractivity contribution >= 4 is 5.91 Å². The van der Waals surface area contributed by atoms with Crippen molar-refractivity contribution in [3.05, 3.63) is 0 Å². The molecule has 15 heavy (non-hydrogen) atoms. The van der Waals surface area contributed by atoms with Crippen LogP contribution in [-0.4, -0.2) is 42.4 Å². The smallest absolute Gasteiger partial charge is 0.392 e. The van der Waals surface area contributed by atoms with Gasteiger partial charge in [0.15, 0.2) is 0 Å². The highest BCUT2D eigenvalue weighted by molar-refractivity contribution is 5.81. The first kappa shape index (κ1) is 14.2. The van der Waals surface area contributed by atoms with Gasteiger partial charge in [0.05, 0.1) is 12.1 Å². The Morgan fingerprint density at radius 1 is 1.40 bits per heavy atom. The molecule has 2 unspecified atom stereocenters. The summed E-state index contributed by atoms with van der Waals surface area (Å²) >= 11 is 0. The topological polar surface area (TPSA) is 61.4 Å². The normalized spacial score (nSPS) is 15.9. The maximum atomic E-state index is 11.7. The highest BCUT2D eigenvalue weighted by Crippen LogP contribution is 2.12. The van der Waals surface area contributed by atoms with E-state index in [0.717, 1.165) is 0 Å². The zero-order valence-corrected chi connectivity index (χ0v) is 8.56. The Morgan fingerprint density at radius 2 is 1.93 bits per heavy atom. The van der Waals surface area contributed by atoms with Crippen molar-refractivity contribution < 1.29 is 23.1 Å². The van der Waals surface area contributed by atoms with E-state index in [9.17, 15) is 18.0 Å². The van der Waals surface area contributed by atoms with Crippen LogP contribution in [0.25, 0.3) is 0 Å². The number of halogens is 3. The molecule has 90 valence electrons. The minimum absolute atomic E-state index is 0.153. The number of nitrogens with one attached hydrogen (secondary N) is 2. The van der Waals surface area contributed by atoms with E-state index in [0.29, 0.717) is 0 Å². The van der Waals surface area contributed by atoms with Crippen LogP contribution in [0.2, 0.25) is 0 Å². The summed E-state index contributed by atoms with van der Waals surface area (Å²) in [5.74, 6) is -0.743. The largest absolute Gasteiger partial charge is 0.405 e. The van der Waals surface area contributed by atoms with Gasteiger partial charge in [0.2, 0.25) is 5.91 Å². The number of alkyl halides is 3. The second kappa shape index (κ2) is 5.92. The van der Waals surface area contributed by atoms with E-state index in [1.54, 1.807) is 5.32 Å². The zero-order chi connectivity index (χ0) is 12.1. The third-order valence-corrected chi connectivity index (χ3v) is 1.58. The molecule has 0 aliphatic rings. The molecule has 0 radical (unpaired) electrons. The summed E-state index contributed by atoms with van der Waals surface area (Å²) in [6.45, 7) is 1.74. The fourth-order valence-corrected chi connectivity index (χ4v) is 0.780. The van der Waals surface area contributed by atoms with E-state index < -0.39 is 30.8 Å². The molecule has 0 rings (SSSR count). The van der Waals surface area contributed by atoms with Gasteiger partial charge in [0.25, 0.3) is 0 Å². The van der Waals surface area contributed by atoms with Gasteiger partial charge in [-0.2, -0.15) is 13.2 Å². The van der Waals surface area contributed by atoms with Gasteiger partial charge < -0.3 is 15.7 Å². The maximum Gasteiger partial charge on any atom is 0.405 e. The molecule has 1 amide bonds. The fraction of sp³-hybridized carbons (Fsp3) is 0.875. The molecule has 0 fully saturated rings. The summed E-state index contributed by atoms with van der Waals surface area (Å²) in [4.78, 5) is 11.0. The standard InChI is InChI=1S/C8H15F3N2O2/c1-5(14)3-12-6(2)7(15)13-4-8(9,10)11/h5-6,12,14H,3-4H2,1-2H3,(H,13,15). The number of rotatable bonds is 5. The first-order chi connectivity index (χ1) is 6.72. The average Bonchev–Trinajstić information content (AvgIpc) is 2.08. The third kappa shape index (κ3) is 8.19. The molecule has 2 atom stereocenters. The second-order valence-electron chi connectivity index (χ2n) is 3.31. The maximum absolute atomic E-state index is 11.7. The van der Waals surface area contributed by atoms with Crippen LogP contribution >= 0.6 is 0 Å². The van der Waals surface area contributed by atoms with Crippen LogP contribution in [0.4, 0.5) is 13.2 Å². The van der Waals surface area contributed by atoms with Crippen molar-refractivity contribution in [2.24, 2.45) is 0 Å². The van der Waals surface area contributed by atoms with Crippen LogP contribution < -0.4 is 10.6 Å². The minimum Gasteiger partial charge on any atom is -0.392 e. The van der Waals surface area contributed by atoms with Gasteiger partial charge in [-0.3, -0.25) is 4.79 Å². The predicted molar refractivity (Wildman–Crippen MR) is 48.2 cm³/mol. The highest BCUT2D eigenvalue weighted by Gasteiger charge is 2.28. The van der Waals surface area contributed by atoms with Crippen molar-refractivity contribution in [1.82, 2.24) is 10.6 Å². The van der Waals surface area contributed by atoms with Crippen LogP contribution in [0, 0.1) is 0 Å². The summed E-state index contributed by atoms with van der Waals surface area (Å²) in [6.07, 6.45) is -5.05. The van der Waals surface area contributed by atoms with Crippen LogP contribution in [0.3, 0.4) is 0 Å². The molecule has 0 spiro atoms. The number of carbonyl (C=O) groups excluding carboxylic acids is 1. The second-order valence-corrected chi connectivity index (χ2v) is 3.31. The lowest BCUT2D eigenvalue weighted by Crippen LogP contribution is -2.46. The molecule has 4 nitrogen and oxygen atoms in total. The van der Waals surface area contributed by atoms with E-state index in [1.807, 2.05) is 0 Å². The zero-order valence-electron chi connectivity index (χ0n) is 8.56. The molecule has 3 N–H and O–H groups in total. The van der Waals surface area contributed by atoms with Crippen molar-refractivity contribution in [3.63, 3.8) is 0 Å². The van der Waals surface area contributed by atoms with Crippen LogP contribution in [0.15, 0.2) is 0 Å². The molecule has 7 heteroatoms. The van der Waals surface area contributed by atoms with E-state index in [1.165, 1.54) is 13.8 Å². The summed E-state index contributed by atoms with van der Waals surface area (Å²) in [7, 11) is 0. The van der Waals surface area contributed by atoms with Crippen molar-refractivity contribution in [2.75, 3.05) is 13.1 Å². The van der Waals surface area contributed by atoms with Gasteiger partial charge in [-0.15, -0.1) is 0 Å². The lowest BCUT2D eigenvalue weighted by Gasteiger charge is -2.15. The molecule has 0 bridgehead atoms.